The highest BCUT2D eigenvalue weighted by Crippen LogP contribution is 2.36. The van der Waals surface area contributed by atoms with Crippen molar-refractivity contribution in [2.75, 3.05) is 4.90 Å². The van der Waals surface area contributed by atoms with Crippen molar-refractivity contribution in [1.29, 1.82) is 0 Å². The van der Waals surface area contributed by atoms with Crippen molar-refractivity contribution >= 4 is 52.0 Å². The third-order valence-electron chi connectivity index (χ3n) is 3.36. The Balaban J connectivity index is 1.94. The molecular weight excluding hydrogens is 368 g/mol. The van der Waals surface area contributed by atoms with E-state index in [-0.39, 0.29) is 10.5 Å². The number of thioether (sulfide) groups is 1. The van der Waals surface area contributed by atoms with Crippen molar-refractivity contribution in [3.8, 4) is 5.75 Å². The molecule has 2 amide bonds. The van der Waals surface area contributed by atoms with E-state index in [4.69, 9.17) is 11.6 Å². The summed E-state index contributed by atoms with van der Waals surface area (Å²) in [6, 6.07) is 9.66. The van der Waals surface area contributed by atoms with Crippen LogP contribution in [0.4, 0.5) is 16.2 Å². The number of hydrogen-bond donors (Lipinski definition) is 0. The summed E-state index contributed by atoms with van der Waals surface area (Å²) < 4.78 is 0. The first-order valence-electron chi connectivity index (χ1n) is 6.86. The highest BCUT2D eigenvalue weighted by molar-refractivity contribution is 8.19. The fourth-order valence-electron chi connectivity index (χ4n) is 2.20. The molecule has 7 nitrogen and oxygen atoms in total. The van der Waals surface area contributed by atoms with Gasteiger partial charge in [-0.25, -0.2) is 4.90 Å². The maximum absolute atomic E-state index is 12.5. The number of imide groups is 1. The maximum Gasteiger partial charge on any atom is 0.298 e. The Kier molecular flexibility index (Phi) is 4.47. The van der Waals surface area contributed by atoms with E-state index < -0.39 is 27.5 Å². The lowest BCUT2D eigenvalue weighted by Gasteiger charge is -2.12. The molecule has 2 aromatic rings. The molecule has 0 N–H and O–H groups in total. The highest BCUT2D eigenvalue weighted by atomic mass is 35.5. The van der Waals surface area contributed by atoms with Gasteiger partial charge < -0.3 is 5.11 Å². The Labute approximate surface area is 150 Å². The number of nitrogens with zero attached hydrogens (tertiary/aromatic N) is 2. The smallest absolute Gasteiger partial charge is 0.298 e. The molecule has 0 aliphatic carbocycles. The fraction of sp³-hybridized carbons (Fsp3) is 0. The van der Waals surface area contributed by atoms with Gasteiger partial charge in [-0.05, 0) is 53.4 Å². The molecule has 1 saturated heterocycles. The van der Waals surface area contributed by atoms with Gasteiger partial charge in [0.2, 0.25) is 0 Å². The van der Waals surface area contributed by atoms with Crippen molar-refractivity contribution in [3.05, 3.63) is 68.1 Å². The molecule has 25 heavy (non-hydrogen) atoms. The summed E-state index contributed by atoms with van der Waals surface area (Å²) in [7, 11) is 0. The van der Waals surface area contributed by atoms with Crippen molar-refractivity contribution < 1.29 is 19.6 Å². The first kappa shape index (κ1) is 17.0. The summed E-state index contributed by atoms with van der Waals surface area (Å²) in [4.78, 5) is 35.7. The lowest BCUT2D eigenvalue weighted by Crippen LogP contribution is -2.27. The molecule has 0 radical (unpaired) electrons. The van der Waals surface area contributed by atoms with Crippen molar-refractivity contribution in [3.63, 3.8) is 0 Å². The Morgan fingerprint density at radius 3 is 2.44 bits per heavy atom. The Bertz CT molecular complexity index is 927. The SMILES string of the molecule is O=C1S/C(=C\c2ccc([O-])c([N+](=O)[O-])c2)C(=O)N1c1ccc(Cl)cc1. The summed E-state index contributed by atoms with van der Waals surface area (Å²) in [5.74, 6) is -1.28. The second-order valence-electron chi connectivity index (χ2n) is 4.98. The predicted molar refractivity (Wildman–Crippen MR) is 92.4 cm³/mol. The molecule has 1 heterocycles. The van der Waals surface area contributed by atoms with Gasteiger partial charge in [-0.3, -0.25) is 19.7 Å². The fourth-order valence-corrected chi connectivity index (χ4v) is 3.17. The minimum atomic E-state index is -0.793. The van der Waals surface area contributed by atoms with Crippen LogP contribution in [0.15, 0.2) is 47.4 Å². The van der Waals surface area contributed by atoms with Crippen LogP contribution < -0.4 is 10.0 Å². The third kappa shape index (κ3) is 3.35. The van der Waals surface area contributed by atoms with Crippen LogP contribution in [0.25, 0.3) is 6.08 Å². The first-order chi connectivity index (χ1) is 11.9. The number of nitro groups is 1. The molecule has 0 spiro atoms. The molecule has 1 fully saturated rings. The van der Waals surface area contributed by atoms with Gasteiger partial charge in [-0.15, -0.1) is 0 Å². The highest BCUT2D eigenvalue weighted by Gasteiger charge is 2.36. The monoisotopic (exact) mass is 375 g/mol. The molecular formula is C16H8ClN2O5S-. The number of benzene rings is 2. The van der Waals surface area contributed by atoms with Crippen molar-refractivity contribution in [2.24, 2.45) is 0 Å². The zero-order chi connectivity index (χ0) is 18.1. The average molecular weight is 376 g/mol. The number of carbonyl (C=O) groups is 2. The van der Waals surface area contributed by atoms with Gasteiger partial charge in [0.05, 0.1) is 15.5 Å². The summed E-state index contributed by atoms with van der Waals surface area (Å²) >= 11 is 6.51. The molecule has 0 atom stereocenters. The summed E-state index contributed by atoms with van der Waals surface area (Å²) in [6.07, 6.45) is 1.34. The maximum atomic E-state index is 12.5. The first-order valence-corrected chi connectivity index (χ1v) is 8.05. The van der Waals surface area contributed by atoms with E-state index in [1.807, 2.05) is 0 Å². The second kappa shape index (κ2) is 6.58. The quantitative estimate of drug-likeness (QED) is 0.461. The van der Waals surface area contributed by atoms with Crippen molar-refractivity contribution in [1.82, 2.24) is 0 Å². The molecule has 1 aliphatic rings. The normalized spacial score (nSPS) is 15.9. The van der Waals surface area contributed by atoms with Gasteiger partial charge in [0.15, 0.2) is 0 Å². The van der Waals surface area contributed by atoms with Crippen molar-refractivity contribution in [2.45, 2.75) is 0 Å². The van der Waals surface area contributed by atoms with Gasteiger partial charge in [-0.2, -0.15) is 0 Å². The zero-order valence-corrected chi connectivity index (χ0v) is 13.9. The number of nitro benzene ring substituents is 1. The molecule has 1 aliphatic heterocycles. The minimum Gasteiger partial charge on any atom is -0.868 e. The standard InChI is InChI=1S/C16H9ClN2O5S/c17-10-2-4-11(5-3-10)18-15(21)14(25-16(18)22)8-9-1-6-13(20)12(7-9)19(23)24/h1-8,20H/p-1/b14-8-. The Hall–Kier alpha value is -2.84. The van der Waals surface area contributed by atoms with Gasteiger partial charge in [0.25, 0.3) is 16.8 Å². The van der Waals surface area contributed by atoms with Crippen LogP contribution in [0.3, 0.4) is 0 Å². The van der Waals surface area contributed by atoms with Gasteiger partial charge in [-0.1, -0.05) is 23.7 Å². The predicted octanol–water partition coefficient (Wildman–Crippen LogP) is 3.56. The Morgan fingerprint density at radius 1 is 1.12 bits per heavy atom. The van der Waals surface area contributed by atoms with E-state index >= 15 is 0 Å². The van der Waals surface area contributed by atoms with E-state index in [2.05, 4.69) is 0 Å². The molecule has 2 aromatic carbocycles. The molecule has 126 valence electrons. The minimum absolute atomic E-state index is 0.105. The molecule has 0 unspecified atom stereocenters. The lowest BCUT2D eigenvalue weighted by atomic mass is 10.1. The molecule has 9 heteroatoms. The number of anilines is 1. The van der Waals surface area contributed by atoms with Crippen LogP contribution in [0, 0.1) is 10.1 Å². The third-order valence-corrected chi connectivity index (χ3v) is 4.48. The van der Waals surface area contributed by atoms with Gasteiger partial charge in [0.1, 0.15) is 0 Å². The molecule has 0 bridgehead atoms. The van der Waals surface area contributed by atoms with E-state index in [0.717, 1.165) is 17.0 Å². The Morgan fingerprint density at radius 2 is 1.80 bits per heavy atom. The molecule has 0 saturated carbocycles. The van der Waals surface area contributed by atoms with Gasteiger partial charge >= 0.3 is 0 Å². The summed E-state index contributed by atoms with van der Waals surface area (Å²) in [6.45, 7) is 0. The largest absolute Gasteiger partial charge is 0.868 e. The van der Waals surface area contributed by atoms with Crippen LogP contribution in [-0.2, 0) is 4.79 Å². The second-order valence-corrected chi connectivity index (χ2v) is 6.41. The van der Waals surface area contributed by atoms with Crippen LogP contribution >= 0.6 is 23.4 Å². The van der Waals surface area contributed by atoms with Gasteiger partial charge in [0, 0.05) is 11.1 Å². The molecule has 0 aromatic heterocycles. The number of amides is 2. The number of halogens is 1. The van der Waals surface area contributed by atoms with Crippen LogP contribution in [0.5, 0.6) is 5.75 Å². The van der Waals surface area contributed by atoms with E-state index in [9.17, 15) is 24.8 Å². The van der Waals surface area contributed by atoms with E-state index in [1.165, 1.54) is 12.1 Å². The zero-order valence-electron chi connectivity index (χ0n) is 12.3. The topological polar surface area (TPSA) is 104 Å². The van der Waals surface area contributed by atoms with Crippen LogP contribution in [0.2, 0.25) is 5.02 Å². The average Bonchev–Trinajstić information content (AvgIpc) is 2.84. The number of rotatable bonds is 3. The summed E-state index contributed by atoms with van der Waals surface area (Å²) in [5.41, 5.74) is 0.0646. The van der Waals surface area contributed by atoms with Crippen LogP contribution in [0.1, 0.15) is 5.56 Å². The summed E-state index contributed by atoms with van der Waals surface area (Å²) in [5, 5.41) is 22.2. The van der Waals surface area contributed by atoms with E-state index in [0.29, 0.717) is 22.5 Å². The lowest BCUT2D eigenvalue weighted by molar-refractivity contribution is -0.398. The number of carbonyl (C=O) groups excluding carboxylic acids is 2. The molecule has 3 rings (SSSR count). The van der Waals surface area contributed by atoms with Crippen LogP contribution in [-0.4, -0.2) is 16.1 Å². The number of hydrogen-bond acceptors (Lipinski definition) is 6. The van der Waals surface area contributed by atoms with E-state index in [1.54, 1.807) is 24.3 Å².